The number of nitrogens with two attached hydrogens (primary N) is 1. The molecular weight excluding hydrogens is 278 g/mol. The quantitative estimate of drug-likeness (QED) is 0.829. The number of nitrogens with zero attached hydrogens (tertiary/aromatic N) is 1. The molecular formula is C17H21N3O2. The lowest BCUT2D eigenvalue weighted by Crippen LogP contribution is -2.22. The van der Waals surface area contributed by atoms with Gasteiger partial charge in [-0.1, -0.05) is 18.2 Å². The van der Waals surface area contributed by atoms with Crippen molar-refractivity contribution in [2.45, 2.75) is 33.6 Å². The molecule has 0 amide bonds. The molecule has 5 nitrogen and oxygen atoms in total. The maximum atomic E-state index is 12.2. The average Bonchev–Trinajstić information content (AvgIpc) is 2.47. The SMILES string of the molecule is Cc1cccc(C)c1-c1[nH]c(=O)c(C(=O)CCCN)nc1C. The number of aromatic amines is 1. The van der Waals surface area contributed by atoms with Crippen molar-refractivity contribution in [2.24, 2.45) is 5.73 Å². The predicted octanol–water partition coefficient (Wildman–Crippen LogP) is 2.28. The van der Waals surface area contributed by atoms with E-state index < -0.39 is 5.56 Å². The van der Waals surface area contributed by atoms with Crippen molar-refractivity contribution >= 4 is 5.78 Å². The second-order valence-electron chi connectivity index (χ2n) is 5.46. The maximum absolute atomic E-state index is 12.2. The molecule has 0 aliphatic rings. The molecule has 5 heteroatoms. The number of hydrogen-bond acceptors (Lipinski definition) is 4. The zero-order valence-electron chi connectivity index (χ0n) is 13.2. The van der Waals surface area contributed by atoms with E-state index in [4.69, 9.17) is 5.73 Å². The minimum Gasteiger partial charge on any atom is -0.330 e. The fraction of sp³-hybridized carbons (Fsp3) is 0.353. The summed E-state index contributed by atoms with van der Waals surface area (Å²) in [7, 11) is 0. The minimum absolute atomic E-state index is 0.0269. The van der Waals surface area contributed by atoms with Gasteiger partial charge in [-0.05, 0) is 44.9 Å². The van der Waals surface area contributed by atoms with Crippen LogP contribution in [0.25, 0.3) is 11.3 Å². The molecule has 0 fully saturated rings. The number of rotatable bonds is 5. The number of benzene rings is 1. The number of aryl methyl sites for hydroxylation is 3. The second kappa shape index (κ2) is 6.66. The zero-order chi connectivity index (χ0) is 16.3. The molecule has 0 bridgehead atoms. The number of Topliss-reactive ketones (excluding diaryl/α,β-unsaturated/α-hetero) is 1. The Hall–Kier alpha value is -2.27. The van der Waals surface area contributed by atoms with Crippen LogP contribution in [0.2, 0.25) is 0 Å². The Kier molecular flexibility index (Phi) is 4.88. The van der Waals surface area contributed by atoms with E-state index >= 15 is 0 Å². The molecule has 1 heterocycles. The normalized spacial score (nSPS) is 10.7. The van der Waals surface area contributed by atoms with Crippen LogP contribution in [0.4, 0.5) is 0 Å². The van der Waals surface area contributed by atoms with Gasteiger partial charge in [0.1, 0.15) is 0 Å². The van der Waals surface area contributed by atoms with Crippen LogP contribution >= 0.6 is 0 Å². The summed E-state index contributed by atoms with van der Waals surface area (Å²) < 4.78 is 0. The first-order chi connectivity index (χ1) is 10.5. The summed E-state index contributed by atoms with van der Waals surface area (Å²) in [6.07, 6.45) is 0.798. The molecule has 0 aliphatic heterocycles. The lowest BCUT2D eigenvalue weighted by Gasteiger charge is -2.12. The first kappa shape index (κ1) is 16.1. The molecule has 2 rings (SSSR count). The van der Waals surface area contributed by atoms with Gasteiger partial charge in [0.05, 0.1) is 11.4 Å². The van der Waals surface area contributed by atoms with Gasteiger partial charge in [0.2, 0.25) is 0 Å². The molecule has 0 saturated carbocycles. The molecule has 0 atom stereocenters. The summed E-state index contributed by atoms with van der Waals surface area (Å²) in [6.45, 7) is 6.20. The second-order valence-corrected chi connectivity index (χ2v) is 5.46. The van der Waals surface area contributed by atoms with Crippen molar-refractivity contribution in [3.05, 3.63) is 51.1 Å². The monoisotopic (exact) mass is 299 g/mol. The Morgan fingerprint density at radius 3 is 2.45 bits per heavy atom. The van der Waals surface area contributed by atoms with Crippen molar-refractivity contribution in [2.75, 3.05) is 6.54 Å². The third-order valence-electron chi connectivity index (χ3n) is 3.70. The van der Waals surface area contributed by atoms with Gasteiger partial charge in [-0.2, -0.15) is 0 Å². The summed E-state index contributed by atoms with van der Waals surface area (Å²) in [6, 6.07) is 5.94. The van der Waals surface area contributed by atoms with Crippen LogP contribution in [-0.4, -0.2) is 22.3 Å². The van der Waals surface area contributed by atoms with E-state index in [1.54, 1.807) is 6.92 Å². The summed E-state index contributed by atoms with van der Waals surface area (Å²) in [5.74, 6) is -0.261. The van der Waals surface area contributed by atoms with Gasteiger partial charge in [0.15, 0.2) is 11.5 Å². The number of aromatic nitrogens is 2. The van der Waals surface area contributed by atoms with Crippen LogP contribution in [0.15, 0.2) is 23.0 Å². The Morgan fingerprint density at radius 1 is 1.23 bits per heavy atom. The molecule has 3 N–H and O–H groups in total. The highest BCUT2D eigenvalue weighted by Gasteiger charge is 2.17. The van der Waals surface area contributed by atoms with E-state index in [9.17, 15) is 9.59 Å². The number of carbonyl (C=O) groups excluding carboxylic acids is 1. The van der Waals surface area contributed by atoms with E-state index in [1.165, 1.54) is 0 Å². The largest absolute Gasteiger partial charge is 0.330 e. The minimum atomic E-state index is -0.440. The van der Waals surface area contributed by atoms with Crippen LogP contribution in [0.5, 0.6) is 0 Å². The van der Waals surface area contributed by atoms with Crippen molar-refractivity contribution < 1.29 is 4.79 Å². The Bertz CT molecular complexity index is 743. The average molecular weight is 299 g/mol. The molecule has 116 valence electrons. The highest BCUT2D eigenvalue weighted by atomic mass is 16.1. The Balaban J connectivity index is 2.52. The molecule has 0 spiro atoms. The van der Waals surface area contributed by atoms with Crippen molar-refractivity contribution in [1.82, 2.24) is 9.97 Å². The molecule has 0 unspecified atom stereocenters. The molecule has 0 aliphatic carbocycles. The molecule has 1 aromatic carbocycles. The summed E-state index contributed by atoms with van der Waals surface area (Å²) in [5.41, 5.74) is 9.33. The number of hydrogen-bond donors (Lipinski definition) is 2. The number of ketones is 1. The van der Waals surface area contributed by atoms with E-state index in [0.717, 1.165) is 16.7 Å². The summed E-state index contributed by atoms with van der Waals surface area (Å²) >= 11 is 0. The molecule has 22 heavy (non-hydrogen) atoms. The van der Waals surface area contributed by atoms with Gasteiger partial charge in [0, 0.05) is 12.0 Å². The van der Waals surface area contributed by atoms with E-state index in [-0.39, 0.29) is 17.9 Å². The van der Waals surface area contributed by atoms with Crippen LogP contribution in [0, 0.1) is 20.8 Å². The third kappa shape index (κ3) is 3.14. The summed E-state index contributed by atoms with van der Waals surface area (Å²) in [5, 5.41) is 0. The van der Waals surface area contributed by atoms with Crippen LogP contribution < -0.4 is 11.3 Å². The van der Waals surface area contributed by atoms with E-state index in [0.29, 0.717) is 24.4 Å². The third-order valence-corrected chi connectivity index (χ3v) is 3.70. The smallest absolute Gasteiger partial charge is 0.278 e. The highest BCUT2D eigenvalue weighted by Crippen LogP contribution is 2.26. The first-order valence-corrected chi connectivity index (χ1v) is 7.36. The van der Waals surface area contributed by atoms with Gasteiger partial charge in [-0.25, -0.2) is 4.98 Å². The summed E-state index contributed by atoms with van der Waals surface area (Å²) in [4.78, 5) is 31.3. The zero-order valence-corrected chi connectivity index (χ0v) is 13.2. The molecule has 1 aromatic heterocycles. The number of H-pyrrole nitrogens is 1. The van der Waals surface area contributed by atoms with Gasteiger partial charge < -0.3 is 10.7 Å². The standard InChI is InChI=1S/C17H21N3O2/c1-10-6-4-7-11(2)14(10)15-12(3)19-16(17(22)20-15)13(21)8-5-9-18/h4,6-7H,5,8-9,18H2,1-3H3,(H,20,22). The molecule has 0 saturated heterocycles. The van der Waals surface area contributed by atoms with Crippen molar-refractivity contribution in [1.29, 1.82) is 0 Å². The fourth-order valence-electron chi connectivity index (χ4n) is 2.56. The van der Waals surface area contributed by atoms with Crippen LogP contribution in [0.3, 0.4) is 0 Å². The Morgan fingerprint density at radius 2 is 1.86 bits per heavy atom. The number of nitrogens with one attached hydrogen (secondary N) is 1. The first-order valence-electron chi connectivity index (χ1n) is 7.36. The van der Waals surface area contributed by atoms with E-state index in [2.05, 4.69) is 9.97 Å². The topological polar surface area (TPSA) is 88.8 Å². The van der Waals surface area contributed by atoms with Crippen molar-refractivity contribution in [3.8, 4) is 11.3 Å². The van der Waals surface area contributed by atoms with Gasteiger partial charge in [-0.15, -0.1) is 0 Å². The van der Waals surface area contributed by atoms with Gasteiger partial charge >= 0.3 is 0 Å². The highest BCUT2D eigenvalue weighted by molar-refractivity contribution is 5.94. The van der Waals surface area contributed by atoms with Crippen LogP contribution in [0.1, 0.15) is 40.2 Å². The van der Waals surface area contributed by atoms with E-state index in [1.807, 2.05) is 32.0 Å². The van der Waals surface area contributed by atoms with Crippen molar-refractivity contribution in [3.63, 3.8) is 0 Å². The maximum Gasteiger partial charge on any atom is 0.278 e. The number of carbonyl (C=O) groups is 1. The lowest BCUT2D eigenvalue weighted by atomic mass is 9.98. The van der Waals surface area contributed by atoms with Gasteiger partial charge in [0.25, 0.3) is 5.56 Å². The predicted molar refractivity (Wildman–Crippen MR) is 87.1 cm³/mol. The fourth-order valence-corrected chi connectivity index (χ4v) is 2.56. The Labute approximate surface area is 129 Å². The van der Waals surface area contributed by atoms with Crippen LogP contribution in [-0.2, 0) is 0 Å². The molecule has 0 radical (unpaired) electrons. The lowest BCUT2D eigenvalue weighted by molar-refractivity contribution is 0.0974. The molecule has 2 aromatic rings. The van der Waals surface area contributed by atoms with Gasteiger partial charge in [-0.3, -0.25) is 9.59 Å².